The summed E-state index contributed by atoms with van der Waals surface area (Å²) in [5, 5.41) is 8.40. The van der Waals surface area contributed by atoms with Gasteiger partial charge in [0, 0.05) is 6.42 Å². The predicted molar refractivity (Wildman–Crippen MR) is 94.9 cm³/mol. The second kappa shape index (κ2) is 8.40. The summed E-state index contributed by atoms with van der Waals surface area (Å²) in [5.41, 5.74) is -1.08. The summed E-state index contributed by atoms with van der Waals surface area (Å²) in [6.07, 6.45) is -0.663. The first-order chi connectivity index (χ1) is 13.0. The van der Waals surface area contributed by atoms with Gasteiger partial charge in [0.05, 0.1) is 23.4 Å². The molecule has 0 aliphatic carbocycles. The molecule has 0 bridgehead atoms. The van der Waals surface area contributed by atoms with Gasteiger partial charge in [-0.2, -0.15) is 4.39 Å². The monoisotopic (exact) mass is 396 g/mol. The molecule has 2 aromatic rings. The van der Waals surface area contributed by atoms with Crippen LogP contribution in [-0.4, -0.2) is 38.8 Å². The number of carbonyl (C=O) groups excluding carboxylic acids is 1. The van der Waals surface area contributed by atoms with Gasteiger partial charge in [0.1, 0.15) is 12.7 Å². The fraction of sp³-hybridized carbons (Fsp3) is 0.353. The van der Waals surface area contributed by atoms with Crippen molar-refractivity contribution in [1.29, 1.82) is 0 Å². The average Bonchev–Trinajstić information content (AvgIpc) is 3.06. The third kappa shape index (κ3) is 4.58. The Balaban J connectivity index is 1.64. The van der Waals surface area contributed by atoms with Gasteiger partial charge in [-0.15, -0.1) is 11.8 Å². The highest BCUT2D eigenvalue weighted by Crippen LogP contribution is 2.42. The zero-order valence-electron chi connectivity index (χ0n) is 14.0. The van der Waals surface area contributed by atoms with Crippen molar-refractivity contribution >= 4 is 17.9 Å². The van der Waals surface area contributed by atoms with Crippen molar-refractivity contribution in [3.05, 3.63) is 68.7 Å². The van der Waals surface area contributed by atoms with Crippen LogP contribution in [0.3, 0.4) is 0 Å². The Morgan fingerprint density at radius 2 is 2.07 bits per heavy atom. The van der Waals surface area contributed by atoms with Gasteiger partial charge in [-0.05, 0) is 5.56 Å². The van der Waals surface area contributed by atoms with Gasteiger partial charge in [-0.1, -0.05) is 30.3 Å². The highest BCUT2D eigenvalue weighted by Gasteiger charge is 2.39. The van der Waals surface area contributed by atoms with Crippen LogP contribution >= 0.6 is 11.8 Å². The number of ether oxygens (including phenoxy) is 2. The molecular weight excluding hydrogens is 379 g/mol. The van der Waals surface area contributed by atoms with E-state index in [0.717, 1.165) is 28.1 Å². The first kappa shape index (κ1) is 19.2. The molecular formula is C17H17FN2O6S. The number of H-pyrrole nitrogens is 1. The largest absolute Gasteiger partial charge is 0.508 e. The molecule has 2 N–H and O–H groups in total. The van der Waals surface area contributed by atoms with E-state index < -0.39 is 39.9 Å². The van der Waals surface area contributed by atoms with E-state index in [0.29, 0.717) is 0 Å². The molecule has 1 aromatic heterocycles. The molecule has 0 saturated carbocycles. The first-order valence-corrected chi connectivity index (χ1v) is 9.07. The molecule has 144 valence electrons. The van der Waals surface area contributed by atoms with Crippen LogP contribution in [0.2, 0.25) is 0 Å². The van der Waals surface area contributed by atoms with Gasteiger partial charge < -0.3 is 14.6 Å². The smallest absolute Gasteiger partial charge is 0.430 e. The number of aliphatic hydroxyl groups is 1. The molecule has 1 aromatic carbocycles. The summed E-state index contributed by atoms with van der Waals surface area (Å²) in [4.78, 5) is 36.9. The zero-order chi connectivity index (χ0) is 19.4. The number of carbonyl (C=O) groups is 1. The van der Waals surface area contributed by atoms with Crippen molar-refractivity contribution < 1.29 is 23.8 Å². The summed E-state index contributed by atoms with van der Waals surface area (Å²) in [6.45, 7) is -0.268. The molecule has 2 heterocycles. The van der Waals surface area contributed by atoms with E-state index in [1.807, 2.05) is 23.2 Å². The molecule has 8 nitrogen and oxygen atoms in total. The molecule has 1 fully saturated rings. The van der Waals surface area contributed by atoms with Crippen LogP contribution in [0.25, 0.3) is 0 Å². The van der Waals surface area contributed by atoms with E-state index in [9.17, 15) is 23.9 Å². The number of rotatable bonds is 5. The van der Waals surface area contributed by atoms with Crippen LogP contribution in [0, 0.1) is 5.82 Å². The minimum absolute atomic E-state index is 0.0390. The molecule has 0 amide bonds. The lowest BCUT2D eigenvalue weighted by Crippen LogP contribution is -2.33. The lowest BCUT2D eigenvalue weighted by Gasteiger charge is -2.16. The Labute approximate surface area is 156 Å². The van der Waals surface area contributed by atoms with Crippen LogP contribution in [0.4, 0.5) is 9.18 Å². The van der Waals surface area contributed by atoms with Crippen LogP contribution in [0.1, 0.15) is 17.4 Å². The Morgan fingerprint density at radius 1 is 1.33 bits per heavy atom. The Kier molecular flexibility index (Phi) is 5.97. The number of aromatic nitrogens is 2. The Hall–Kier alpha value is -2.59. The molecule has 1 aliphatic heterocycles. The number of halogens is 1. The first-order valence-electron chi connectivity index (χ1n) is 8.12. The fourth-order valence-electron chi connectivity index (χ4n) is 2.71. The van der Waals surface area contributed by atoms with Crippen molar-refractivity contribution in [2.24, 2.45) is 0 Å². The molecule has 0 spiro atoms. The van der Waals surface area contributed by atoms with E-state index in [-0.39, 0.29) is 19.6 Å². The number of benzene rings is 1. The highest BCUT2D eigenvalue weighted by molar-refractivity contribution is 8.00. The van der Waals surface area contributed by atoms with Gasteiger partial charge in [-0.3, -0.25) is 14.3 Å². The van der Waals surface area contributed by atoms with Crippen LogP contribution < -0.4 is 11.2 Å². The van der Waals surface area contributed by atoms with Crippen molar-refractivity contribution in [3.63, 3.8) is 0 Å². The molecule has 0 unspecified atom stereocenters. The lowest BCUT2D eigenvalue weighted by molar-refractivity contribution is 0.0129. The number of nitrogens with one attached hydrogen (secondary N) is 1. The van der Waals surface area contributed by atoms with E-state index in [1.165, 1.54) is 0 Å². The number of nitrogens with zero attached hydrogens (tertiary/aromatic N) is 1. The number of aromatic amines is 1. The maximum atomic E-state index is 13.5. The fourth-order valence-corrected chi connectivity index (χ4v) is 4.13. The quantitative estimate of drug-likeness (QED) is 0.735. The third-order valence-corrected chi connectivity index (χ3v) is 5.58. The lowest BCUT2D eigenvalue weighted by atomic mass is 10.2. The maximum Gasteiger partial charge on any atom is 0.508 e. The van der Waals surface area contributed by atoms with Gasteiger partial charge >= 0.3 is 11.8 Å². The average molecular weight is 396 g/mol. The van der Waals surface area contributed by atoms with Crippen LogP contribution in [0.15, 0.2) is 46.1 Å². The maximum absolute atomic E-state index is 13.5. The van der Waals surface area contributed by atoms with Gasteiger partial charge in [-0.25, -0.2) is 9.59 Å². The second-order valence-corrected chi connectivity index (χ2v) is 7.29. The summed E-state index contributed by atoms with van der Waals surface area (Å²) in [5.74, 6) is -1.10. The van der Waals surface area contributed by atoms with Crippen LogP contribution in [-0.2, 0) is 16.1 Å². The molecule has 0 radical (unpaired) electrons. The van der Waals surface area contributed by atoms with Gasteiger partial charge in [0.15, 0.2) is 0 Å². The number of aliphatic hydroxyl groups excluding tert-OH is 1. The number of hydrogen-bond donors (Lipinski definition) is 2. The van der Waals surface area contributed by atoms with Gasteiger partial charge in [0.25, 0.3) is 5.56 Å². The van der Waals surface area contributed by atoms with Crippen molar-refractivity contribution in [1.82, 2.24) is 9.55 Å². The summed E-state index contributed by atoms with van der Waals surface area (Å²) >= 11 is 1.15. The van der Waals surface area contributed by atoms with Crippen molar-refractivity contribution in [2.45, 2.75) is 29.8 Å². The standard InChI is InChI=1S/C17H17FN2O6S/c18-11-7-20(16(23)19-15(11)22)14-6-12(13(8-21)27-14)26-17(24)25-9-10-4-2-1-3-5-10/h1-5,7,12-14,21H,6,8-9H2,(H,19,22,23)/t12-,13+,14+/m0/s1. The normalized spacial score (nSPS) is 21.8. The molecule has 27 heavy (non-hydrogen) atoms. The summed E-state index contributed by atoms with van der Waals surface area (Å²) < 4.78 is 24.8. The third-order valence-electron chi connectivity index (χ3n) is 4.04. The Bertz CT molecular complexity index is 916. The van der Waals surface area contributed by atoms with Crippen molar-refractivity contribution in [3.8, 4) is 0 Å². The van der Waals surface area contributed by atoms with E-state index in [1.54, 1.807) is 12.1 Å². The summed E-state index contributed by atoms with van der Waals surface area (Å²) in [7, 11) is 0. The van der Waals surface area contributed by atoms with Gasteiger partial charge in [0.2, 0.25) is 5.82 Å². The summed E-state index contributed by atoms with van der Waals surface area (Å²) in [6, 6.07) is 9.05. The van der Waals surface area contributed by atoms with E-state index in [2.05, 4.69) is 0 Å². The molecule has 1 saturated heterocycles. The topological polar surface area (TPSA) is 111 Å². The van der Waals surface area contributed by atoms with Crippen LogP contribution in [0.5, 0.6) is 0 Å². The molecule has 1 aliphatic rings. The molecule has 3 atom stereocenters. The van der Waals surface area contributed by atoms with E-state index in [4.69, 9.17) is 9.47 Å². The van der Waals surface area contributed by atoms with Crippen molar-refractivity contribution in [2.75, 3.05) is 6.61 Å². The molecule has 3 rings (SSSR count). The van der Waals surface area contributed by atoms with E-state index >= 15 is 0 Å². The Morgan fingerprint density at radius 3 is 2.78 bits per heavy atom. The zero-order valence-corrected chi connectivity index (χ0v) is 14.9. The molecule has 10 heteroatoms. The minimum atomic E-state index is -1.10. The predicted octanol–water partition coefficient (Wildman–Crippen LogP) is 1.39. The highest BCUT2D eigenvalue weighted by atomic mass is 32.2. The SMILES string of the molecule is O=C(OCc1ccccc1)O[C@H]1C[C@H](n2cc(F)c(=O)[nH]c2=O)S[C@@H]1CO. The number of thioether (sulfide) groups is 1. The number of hydrogen-bond acceptors (Lipinski definition) is 7. The minimum Gasteiger partial charge on any atom is -0.430 e. The second-order valence-electron chi connectivity index (χ2n) is 5.87.